The summed E-state index contributed by atoms with van der Waals surface area (Å²) in [6.45, 7) is 4.02. The molecule has 1 aromatic rings. The summed E-state index contributed by atoms with van der Waals surface area (Å²) in [7, 11) is 1.39. The molecular weight excluding hydrogens is 204 g/mol. The van der Waals surface area contributed by atoms with E-state index in [1.807, 2.05) is 12.1 Å². The summed E-state index contributed by atoms with van der Waals surface area (Å²) in [5.41, 5.74) is 2.58. The third-order valence-electron chi connectivity index (χ3n) is 2.72. The fourth-order valence-corrected chi connectivity index (χ4v) is 1.73. The van der Waals surface area contributed by atoms with Gasteiger partial charge in [0, 0.05) is 13.1 Å². The van der Waals surface area contributed by atoms with Gasteiger partial charge in [0.25, 0.3) is 0 Å². The van der Waals surface area contributed by atoms with Gasteiger partial charge in [0.05, 0.1) is 24.0 Å². The first kappa shape index (κ1) is 10.8. The molecule has 1 aromatic carbocycles. The summed E-state index contributed by atoms with van der Waals surface area (Å²) in [6, 6.07) is 5.51. The number of nitrogens with one attached hydrogen (secondary N) is 2. The van der Waals surface area contributed by atoms with Crippen LogP contribution < -0.4 is 10.6 Å². The van der Waals surface area contributed by atoms with Crippen molar-refractivity contribution < 1.29 is 9.53 Å². The van der Waals surface area contributed by atoms with Gasteiger partial charge in [-0.3, -0.25) is 0 Å². The van der Waals surface area contributed by atoms with Crippen LogP contribution in [-0.4, -0.2) is 26.2 Å². The molecule has 1 heterocycles. The molecule has 2 rings (SSSR count). The van der Waals surface area contributed by atoms with Crippen LogP contribution >= 0.6 is 0 Å². The molecule has 0 fully saturated rings. The highest BCUT2D eigenvalue weighted by molar-refractivity contribution is 5.92. The Labute approximate surface area is 95.0 Å². The molecule has 0 amide bonds. The Morgan fingerprint density at radius 1 is 1.31 bits per heavy atom. The number of carbonyl (C=O) groups excluding carboxylic acids is 1. The van der Waals surface area contributed by atoms with Crippen molar-refractivity contribution in [3.8, 4) is 0 Å². The molecule has 0 aromatic heterocycles. The number of anilines is 2. The molecule has 0 aliphatic carbocycles. The van der Waals surface area contributed by atoms with Crippen molar-refractivity contribution in [3.63, 3.8) is 0 Å². The molecule has 86 valence electrons. The Morgan fingerprint density at radius 3 is 2.69 bits per heavy atom. The SMILES string of the molecule is COC(=O)c1ccc2c(c1)NCC(C)CN2. The molecule has 16 heavy (non-hydrogen) atoms. The topological polar surface area (TPSA) is 50.4 Å². The van der Waals surface area contributed by atoms with E-state index in [4.69, 9.17) is 4.74 Å². The van der Waals surface area contributed by atoms with Gasteiger partial charge in [0.1, 0.15) is 0 Å². The van der Waals surface area contributed by atoms with Crippen molar-refractivity contribution in [2.75, 3.05) is 30.8 Å². The minimum Gasteiger partial charge on any atom is -0.465 e. The largest absolute Gasteiger partial charge is 0.465 e. The number of fused-ring (bicyclic) bond motifs is 1. The molecule has 1 aliphatic rings. The number of ether oxygens (including phenoxy) is 1. The van der Waals surface area contributed by atoms with Crippen molar-refractivity contribution in [1.82, 2.24) is 0 Å². The van der Waals surface area contributed by atoms with E-state index in [1.165, 1.54) is 7.11 Å². The zero-order chi connectivity index (χ0) is 11.5. The van der Waals surface area contributed by atoms with Crippen molar-refractivity contribution in [2.45, 2.75) is 6.92 Å². The monoisotopic (exact) mass is 220 g/mol. The number of methoxy groups -OCH3 is 1. The molecule has 1 unspecified atom stereocenters. The summed E-state index contributed by atoms with van der Waals surface area (Å²) >= 11 is 0. The molecule has 2 N–H and O–H groups in total. The van der Waals surface area contributed by atoms with E-state index in [1.54, 1.807) is 6.07 Å². The number of hydrogen-bond acceptors (Lipinski definition) is 4. The molecule has 1 aliphatic heterocycles. The van der Waals surface area contributed by atoms with E-state index in [2.05, 4.69) is 17.6 Å². The fraction of sp³-hybridized carbons (Fsp3) is 0.417. The molecular formula is C12H16N2O2. The van der Waals surface area contributed by atoms with Crippen LogP contribution in [0.5, 0.6) is 0 Å². The van der Waals surface area contributed by atoms with E-state index >= 15 is 0 Å². The van der Waals surface area contributed by atoms with Crippen LogP contribution in [0.15, 0.2) is 18.2 Å². The van der Waals surface area contributed by atoms with Gasteiger partial charge in [-0.1, -0.05) is 6.92 Å². The lowest BCUT2D eigenvalue weighted by Gasteiger charge is -2.09. The Balaban J connectivity index is 2.28. The first-order chi connectivity index (χ1) is 7.70. The minimum atomic E-state index is -0.304. The van der Waals surface area contributed by atoms with E-state index < -0.39 is 0 Å². The first-order valence-electron chi connectivity index (χ1n) is 5.41. The number of carbonyl (C=O) groups is 1. The second kappa shape index (κ2) is 4.43. The predicted molar refractivity (Wildman–Crippen MR) is 63.9 cm³/mol. The lowest BCUT2D eigenvalue weighted by Crippen LogP contribution is -2.14. The smallest absolute Gasteiger partial charge is 0.337 e. The molecule has 4 heteroatoms. The second-order valence-corrected chi connectivity index (χ2v) is 4.12. The highest BCUT2D eigenvalue weighted by atomic mass is 16.5. The van der Waals surface area contributed by atoms with Crippen molar-refractivity contribution in [1.29, 1.82) is 0 Å². The molecule has 0 saturated carbocycles. The van der Waals surface area contributed by atoms with Gasteiger partial charge in [0.15, 0.2) is 0 Å². The third kappa shape index (κ3) is 2.10. The molecule has 4 nitrogen and oxygen atoms in total. The van der Waals surface area contributed by atoms with Crippen LogP contribution in [0.1, 0.15) is 17.3 Å². The highest BCUT2D eigenvalue weighted by Gasteiger charge is 2.14. The Kier molecular flexibility index (Phi) is 2.99. The van der Waals surface area contributed by atoms with Crippen molar-refractivity contribution in [3.05, 3.63) is 23.8 Å². The van der Waals surface area contributed by atoms with E-state index in [0.717, 1.165) is 24.5 Å². The number of benzene rings is 1. The molecule has 1 atom stereocenters. The van der Waals surface area contributed by atoms with Gasteiger partial charge >= 0.3 is 5.97 Å². The lowest BCUT2D eigenvalue weighted by atomic mass is 10.1. The Morgan fingerprint density at radius 2 is 2.00 bits per heavy atom. The van der Waals surface area contributed by atoms with Crippen LogP contribution in [0.3, 0.4) is 0 Å². The lowest BCUT2D eigenvalue weighted by molar-refractivity contribution is 0.0601. The van der Waals surface area contributed by atoms with Crippen LogP contribution in [-0.2, 0) is 4.74 Å². The van der Waals surface area contributed by atoms with Gasteiger partial charge in [-0.05, 0) is 24.1 Å². The standard InChI is InChI=1S/C12H16N2O2/c1-8-6-13-10-4-3-9(12(15)16-2)5-11(10)14-7-8/h3-5,8,13-14H,6-7H2,1-2H3. The zero-order valence-electron chi connectivity index (χ0n) is 9.54. The van der Waals surface area contributed by atoms with Gasteiger partial charge in [-0.15, -0.1) is 0 Å². The molecule has 0 bridgehead atoms. The summed E-state index contributed by atoms with van der Waals surface area (Å²) in [4.78, 5) is 11.4. The van der Waals surface area contributed by atoms with Gasteiger partial charge < -0.3 is 15.4 Å². The van der Waals surface area contributed by atoms with Crippen molar-refractivity contribution >= 4 is 17.3 Å². The normalized spacial score (nSPS) is 18.8. The Hall–Kier alpha value is -1.71. The van der Waals surface area contributed by atoms with Crippen LogP contribution in [0, 0.1) is 5.92 Å². The average molecular weight is 220 g/mol. The maximum absolute atomic E-state index is 11.4. The average Bonchev–Trinajstić information content (AvgIpc) is 2.50. The number of rotatable bonds is 1. The minimum absolute atomic E-state index is 0.304. The molecule has 0 radical (unpaired) electrons. The van der Waals surface area contributed by atoms with Crippen LogP contribution in [0.2, 0.25) is 0 Å². The maximum Gasteiger partial charge on any atom is 0.337 e. The fourth-order valence-electron chi connectivity index (χ4n) is 1.73. The molecule has 0 spiro atoms. The van der Waals surface area contributed by atoms with Crippen LogP contribution in [0.4, 0.5) is 11.4 Å². The highest BCUT2D eigenvalue weighted by Crippen LogP contribution is 2.26. The zero-order valence-corrected chi connectivity index (χ0v) is 9.54. The van der Waals surface area contributed by atoms with Gasteiger partial charge in [-0.25, -0.2) is 4.79 Å². The quantitative estimate of drug-likeness (QED) is 0.710. The predicted octanol–water partition coefficient (Wildman–Crippen LogP) is 1.95. The number of esters is 1. The van der Waals surface area contributed by atoms with E-state index in [0.29, 0.717) is 11.5 Å². The third-order valence-corrected chi connectivity index (χ3v) is 2.72. The van der Waals surface area contributed by atoms with Gasteiger partial charge in [-0.2, -0.15) is 0 Å². The second-order valence-electron chi connectivity index (χ2n) is 4.12. The summed E-state index contributed by atoms with van der Waals surface area (Å²) in [5, 5.41) is 6.67. The van der Waals surface area contributed by atoms with E-state index in [9.17, 15) is 4.79 Å². The molecule has 0 saturated heterocycles. The Bertz CT molecular complexity index is 404. The maximum atomic E-state index is 11.4. The number of hydrogen-bond donors (Lipinski definition) is 2. The van der Waals surface area contributed by atoms with E-state index in [-0.39, 0.29) is 5.97 Å². The summed E-state index contributed by atoms with van der Waals surface area (Å²) < 4.78 is 4.69. The summed E-state index contributed by atoms with van der Waals surface area (Å²) in [5.74, 6) is 0.260. The summed E-state index contributed by atoms with van der Waals surface area (Å²) in [6.07, 6.45) is 0. The van der Waals surface area contributed by atoms with Crippen LogP contribution in [0.25, 0.3) is 0 Å². The first-order valence-corrected chi connectivity index (χ1v) is 5.41. The van der Waals surface area contributed by atoms with Gasteiger partial charge in [0.2, 0.25) is 0 Å². The van der Waals surface area contributed by atoms with Crippen molar-refractivity contribution in [2.24, 2.45) is 5.92 Å².